The molecule has 0 radical (unpaired) electrons. The van der Waals surface area contributed by atoms with Crippen molar-refractivity contribution >= 4 is 0 Å². The minimum absolute atomic E-state index is 0.0178. The quantitative estimate of drug-likeness (QED) is 0.720. The highest BCUT2D eigenvalue weighted by Gasteiger charge is 2.62. The van der Waals surface area contributed by atoms with Gasteiger partial charge in [0.05, 0.1) is 12.1 Å². The van der Waals surface area contributed by atoms with Crippen molar-refractivity contribution in [2.45, 2.75) is 24.7 Å². The van der Waals surface area contributed by atoms with Crippen molar-refractivity contribution in [3.8, 4) is 5.69 Å². The Kier molecular flexibility index (Phi) is 4.31. The summed E-state index contributed by atoms with van der Waals surface area (Å²) in [4.78, 5) is 0. The van der Waals surface area contributed by atoms with Gasteiger partial charge in [-0.2, -0.15) is 44.6 Å². The van der Waals surface area contributed by atoms with E-state index in [0.717, 1.165) is 12.1 Å². The Labute approximate surface area is 128 Å². The second-order valence-electron chi connectivity index (χ2n) is 4.73. The number of hydrogen-bond acceptors (Lipinski definition) is 1. The Hall–Kier alpha value is -2.20. The van der Waals surface area contributed by atoms with E-state index in [9.17, 15) is 39.5 Å². The van der Waals surface area contributed by atoms with Gasteiger partial charge in [0.15, 0.2) is 0 Å². The predicted molar refractivity (Wildman–Crippen MR) is 63.2 cm³/mol. The van der Waals surface area contributed by atoms with E-state index in [4.69, 9.17) is 0 Å². The third-order valence-electron chi connectivity index (χ3n) is 2.95. The molecule has 0 N–H and O–H groups in total. The maximum atomic E-state index is 14.1. The monoisotopic (exact) mass is 362 g/mol. The van der Waals surface area contributed by atoms with E-state index in [0.29, 0.717) is 0 Å². The number of rotatable bonds is 3. The van der Waals surface area contributed by atoms with Crippen LogP contribution >= 0.6 is 0 Å². The Morgan fingerprint density at radius 3 is 1.88 bits per heavy atom. The van der Waals surface area contributed by atoms with Crippen LogP contribution in [0.15, 0.2) is 30.3 Å². The molecule has 2 aromatic rings. The van der Waals surface area contributed by atoms with Gasteiger partial charge in [-0.1, -0.05) is 18.2 Å². The number of halogens is 9. The first-order valence-corrected chi connectivity index (χ1v) is 6.19. The van der Waals surface area contributed by atoms with Crippen LogP contribution in [0.3, 0.4) is 0 Å². The molecule has 1 heterocycles. The van der Waals surface area contributed by atoms with Gasteiger partial charge in [-0.25, -0.2) is 4.68 Å². The van der Waals surface area contributed by atoms with Gasteiger partial charge in [0.25, 0.3) is 0 Å². The zero-order chi connectivity index (χ0) is 18.3. The van der Waals surface area contributed by atoms with Crippen LogP contribution in [0.4, 0.5) is 39.5 Å². The molecule has 0 atom stereocenters. The highest BCUT2D eigenvalue weighted by molar-refractivity contribution is 5.35. The topological polar surface area (TPSA) is 17.8 Å². The minimum atomic E-state index is -6.23. The lowest BCUT2D eigenvalue weighted by molar-refractivity contribution is -0.291. The molecule has 24 heavy (non-hydrogen) atoms. The second kappa shape index (κ2) is 5.71. The molecule has 0 bridgehead atoms. The zero-order valence-corrected chi connectivity index (χ0v) is 11.4. The number of para-hydroxylation sites is 1. The summed E-state index contributed by atoms with van der Waals surface area (Å²) in [7, 11) is 0. The standard InChI is InChI=1S/C13H7F9N2/c14-10-8(6-11(15,16)17)9(12(18,19)13(20,21)22)23-24(10)7-4-2-1-3-5-7/h1-5H,6H2. The van der Waals surface area contributed by atoms with Crippen LogP contribution in [-0.4, -0.2) is 22.1 Å². The molecule has 0 unspecified atom stereocenters. The first kappa shape index (κ1) is 18.1. The van der Waals surface area contributed by atoms with Crippen LogP contribution < -0.4 is 0 Å². The molecule has 1 aromatic carbocycles. The molecule has 0 spiro atoms. The molecule has 0 aliphatic heterocycles. The molecular formula is C13H7F9N2. The van der Waals surface area contributed by atoms with Crippen LogP contribution in [-0.2, 0) is 12.3 Å². The molecule has 0 aliphatic carbocycles. The fourth-order valence-electron chi connectivity index (χ4n) is 1.91. The van der Waals surface area contributed by atoms with Gasteiger partial charge in [0.1, 0.15) is 5.69 Å². The first-order chi connectivity index (χ1) is 10.8. The maximum Gasteiger partial charge on any atom is 0.459 e. The van der Waals surface area contributed by atoms with Crippen LogP contribution in [0, 0.1) is 5.95 Å². The minimum Gasteiger partial charge on any atom is -0.206 e. The largest absolute Gasteiger partial charge is 0.459 e. The highest BCUT2D eigenvalue weighted by Crippen LogP contribution is 2.46. The lowest BCUT2D eigenvalue weighted by Gasteiger charge is -2.19. The molecule has 0 saturated heterocycles. The molecule has 0 fully saturated rings. The van der Waals surface area contributed by atoms with Crippen molar-refractivity contribution in [3.63, 3.8) is 0 Å². The fourth-order valence-corrected chi connectivity index (χ4v) is 1.91. The van der Waals surface area contributed by atoms with Gasteiger partial charge in [-0.05, 0) is 12.1 Å². The van der Waals surface area contributed by atoms with Gasteiger partial charge < -0.3 is 0 Å². The van der Waals surface area contributed by atoms with Crippen molar-refractivity contribution < 1.29 is 39.5 Å². The van der Waals surface area contributed by atoms with E-state index in [1.165, 1.54) is 18.2 Å². The molecule has 2 rings (SSSR count). The molecule has 11 heteroatoms. The predicted octanol–water partition coefficient (Wildman–Crippen LogP) is 4.77. The van der Waals surface area contributed by atoms with Crippen molar-refractivity contribution in [3.05, 3.63) is 47.5 Å². The first-order valence-electron chi connectivity index (χ1n) is 6.19. The number of alkyl halides is 8. The van der Waals surface area contributed by atoms with Crippen LogP contribution in [0.1, 0.15) is 11.3 Å². The average Bonchev–Trinajstić information content (AvgIpc) is 2.75. The van der Waals surface area contributed by atoms with Crippen LogP contribution in [0.5, 0.6) is 0 Å². The summed E-state index contributed by atoms with van der Waals surface area (Å²) < 4.78 is 116. The van der Waals surface area contributed by atoms with Crippen LogP contribution in [0.2, 0.25) is 0 Å². The summed E-state index contributed by atoms with van der Waals surface area (Å²) in [6.07, 6.45) is -13.7. The van der Waals surface area contributed by atoms with Crippen molar-refractivity contribution in [1.82, 2.24) is 9.78 Å². The molecule has 132 valence electrons. The van der Waals surface area contributed by atoms with Gasteiger partial charge in [-0.3, -0.25) is 0 Å². The van der Waals surface area contributed by atoms with Gasteiger partial charge in [0, 0.05) is 5.56 Å². The molecule has 0 amide bonds. The lowest BCUT2D eigenvalue weighted by Crippen LogP contribution is -2.35. The molecule has 0 aliphatic rings. The smallest absolute Gasteiger partial charge is 0.206 e. The SMILES string of the molecule is Fc1c(CC(F)(F)F)c(C(F)(F)C(F)(F)F)nn1-c1ccccc1. The van der Waals surface area contributed by atoms with Gasteiger partial charge >= 0.3 is 18.3 Å². The van der Waals surface area contributed by atoms with Crippen LogP contribution in [0.25, 0.3) is 5.69 Å². The molecule has 2 nitrogen and oxygen atoms in total. The van der Waals surface area contributed by atoms with Gasteiger partial charge in [0.2, 0.25) is 5.95 Å². The van der Waals surface area contributed by atoms with E-state index >= 15 is 0 Å². The summed E-state index contributed by atoms with van der Waals surface area (Å²) in [5.41, 5.74) is -4.47. The highest BCUT2D eigenvalue weighted by atomic mass is 19.4. The Morgan fingerprint density at radius 2 is 1.42 bits per heavy atom. The maximum absolute atomic E-state index is 14.1. The summed E-state index contributed by atoms with van der Waals surface area (Å²) >= 11 is 0. The molecule has 0 saturated carbocycles. The van der Waals surface area contributed by atoms with E-state index in [1.54, 1.807) is 0 Å². The Morgan fingerprint density at radius 1 is 0.875 bits per heavy atom. The van der Waals surface area contributed by atoms with E-state index < -0.39 is 41.9 Å². The fraction of sp³-hybridized carbons (Fsp3) is 0.308. The lowest BCUT2D eigenvalue weighted by atomic mass is 10.1. The normalized spacial score (nSPS) is 13.4. The zero-order valence-electron chi connectivity index (χ0n) is 11.4. The third-order valence-corrected chi connectivity index (χ3v) is 2.95. The van der Waals surface area contributed by atoms with E-state index in [2.05, 4.69) is 5.10 Å². The summed E-state index contributed by atoms with van der Waals surface area (Å²) in [5, 5.41) is 2.77. The Balaban J connectivity index is 2.70. The number of benzene rings is 1. The number of nitrogens with zero attached hydrogens (tertiary/aromatic N) is 2. The van der Waals surface area contributed by atoms with E-state index in [-0.39, 0.29) is 10.4 Å². The summed E-state index contributed by atoms with van der Waals surface area (Å²) in [5.74, 6) is -7.67. The van der Waals surface area contributed by atoms with Crippen molar-refractivity contribution in [2.75, 3.05) is 0 Å². The molecule has 1 aromatic heterocycles. The summed E-state index contributed by atoms with van der Waals surface area (Å²) in [6, 6.07) is 6.15. The van der Waals surface area contributed by atoms with Crippen molar-refractivity contribution in [1.29, 1.82) is 0 Å². The number of hydrogen-bond donors (Lipinski definition) is 0. The summed E-state index contributed by atoms with van der Waals surface area (Å²) in [6.45, 7) is 0. The third kappa shape index (κ3) is 3.34. The van der Waals surface area contributed by atoms with Gasteiger partial charge in [-0.15, -0.1) is 0 Å². The van der Waals surface area contributed by atoms with E-state index in [1.807, 2.05) is 0 Å². The van der Waals surface area contributed by atoms with Crippen molar-refractivity contribution in [2.24, 2.45) is 0 Å². The Bertz CT molecular complexity index is 714. The molecular weight excluding hydrogens is 355 g/mol. The number of aromatic nitrogens is 2. The average molecular weight is 362 g/mol. The second-order valence-corrected chi connectivity index (χ2v) is 4.73.